The lowest BCUT2D eigenvalue weighted by atomic mass is 10.2. The Morgan fingerprint density at radius 1 is 1.41 bits per heavy atom. The molecule has 1 aromatic heterocycles. The predicted molar refractivity (Wildman–Crippen MR) is 74.4 cm³/mol. The Labute approximate surface area is 110 Å². The molecule has 0 saturated carbocycles. The van der Waals surface area contributed by atoms with Crippen molar-refractivity contribution in [2.75, 3.05) is 12.4 Å². The zero-order valence-electron chi connectivity index (χ0n) is 9.79. The van der Waals surface area contributed by atoms with Gasteiger partial charge in [-0.15, -0.1) is 11.3 Å². The molecule has 2 aromatic rings. The summed E-state index contributed by atoms with van der Waals surface area (Å²) in [6.07, 6.45) is 0. The Bertz CT molecular complexity index is 496. The number of benzene rings is 1. The summed E-state index contributed by atoms with van der Waals surface area (Å²) in [5, 5.41) is 6.16. The first kappa shape index (κ1) is 12.3. The minimum absolute atomic E-state index is 0.725. The Morgan fingerprint density at radius 3 is 2.88 bits per heavy atom. The maximum Gasteiger partial charge on any atom is 0.143 e. The van der Waals surface area contributed by atoms with Crippen molar-refractivity contribution in [3.8, 4) is 5.75 Å². The molecule has 0 unspecified atom stereocenters. The number of methoxy groups -OCH3 is 1. The molecule has 1 heterocycles. The van der Waals surface area contributed by atoms with Gasteiger partial charge in [0.2, 0.25) is 0 Å². The van der Waals surface area contributed by atoms with Crippen molar-refractivity contribution in [3.63, 3.8) is 0 Å². The molecular weight excluding hydrogens is 254 g/mol. The van der Waals surface area contributed by atoms with Gasteiger partial charge in [-0.3, -0.25) is 0 Å². The molecule has 4 heteroatoms. The van der Waals surface area contributed by atoms with E-state index in [-0.39, 0.29) is 0 Å². The Balaban J connectivity index is 2.17. The average molecular weight is 268 g/mol. The summed E-state index contributed by atoms with van der Waals surface area (Å²) in [4.78, 5) is 1.29. The fourth-order valence-corrected chi connectivity index (χ4v) is 2.36. The lowest BCUT2D eigenvalue weighted by Gasteiger charge is -2.12. The Morgan fingerprint density at radius 2 is 2.24 bits per heavy atom. The number of aryl methyl sites for hydroxylation is 1. The van der Waals surface area contributed by atoms with Crippen LogP contribution in [0.5, 0.6) is 5.75 Å². The quantitative estimate of drug-likeness (QED) is 0.890. The van der Waals surface area contributed by atoms with Crippen LogP contribution in [0.15, 0.2) is 29.6 Å². The third-order valence-electron chi connectivity index (χ3n) is 2.51. The molecule has 1 aromatic carbocycles. The molecule has 1 N–H and O–H groups in total. The topological polar surface area (TPSA) is 21.3 Å². The van der Waals surface area contributed by atoms with Crippen LogP contribution >= 0.6 is 22.9 Å². The molecule has 0 aliphatic rings. The maximum absolute atomic E-state index is 6.06. The third kappa shape index (κ3) is 2.93. The lowest BCUT2D eigenvalue weighted by Crippen LogP contribution is -2.00. The van der Waals surface area contributed by atoms with E-state index in [1.807, 2.05) is 25.1 Å². The molecule has 0 fully saturated rings. The second-order valence-corrected chi connectivity index (χ2v) is 5.17. The van der Waals surface area contributed by atoms with E-state index < -0.39 is 0 Å². The second kappa shape index (κ2) is 5.43. The number of rotatable bonds is 4. The van der Waals surface area contributed by atoms with Gasteiger partial charge in [-0.2, -0.15) is 0 Å². The van der Waals surface area contributed by atoms with E-state index in [1.54, 1.807) is 18.4 Å². The van der Waals surface area contributed by atoms with Gasteiger partial charge in [0.05, 0.1) is 12.8 Å². The Kier molecular flexibility index (Phi) is 3.92. The van der Waals surface area contributed by atoms with Gasteiger partial charge < -0.3 is 10.1 Å². The van der Waals surface area contributed by atoms with Gasteiger partial charge in [0.15, 0.2) is 0 Å². The first-order valence-electron chi connectivity index (χ1n) is 5.31. The number of nitrogens with one attached hydrogen (secondary N) is 1. The van der Waals surface area contributed by atoms with E-state index in [9.17, 15) is 0 Å². The molecule has 0 amide bonds. The molecule has 2 nitrogen and oxygen atoms in total. The molecule has 90 valence electrons. The third-order valence-corrected chi connectivity index (χ3v) is 3.80. The first-order valence-corrected chi connectivity index (χ1v) is 6.57. The van der Waals surface area contributed by atoms with E-state index in [0.29, 0.717) is 0 Å². The highest BCUT2D eigenvalue weighted by Gasteiger charge is 2.06. The number of hydrogen-bond donors (Lipinski definition) is 1. The van der Waals surface area contributed by atoms with E-state index >= 15 is 0 Å². The fourth-order valence-electron chi connectivity index (χ4n) is 1.57. The van der Waals surface area contributed by atoms with Crippen molar-refractivity contribution in [2.24, 2.45) is 0 Å². The van der Waals surface area contributed by atoms with Gasteiger partial charge in [0.1, 0.15) is 5.75 Å². The minimum Gasteiger partial charge on any atom is -0.495 e. The van der Waals surface area contributed by atoms with Crippen LogP contribution in [0, 0.1) is 6.92 Å². The van der Waals surface area contributed by atoms with Gasteiger partial charge >= 0.3 is 0 Å². The summed E-state index contributed by atoms with van der Waals surface area (Å²) in [5.74, 6) is 0.775. The molecule has 0 aliphatic heterocycles. The summed E-state index contributed by atoms with van der Waals surface area (Å²) in [6.45, 7) is 2.78. The van der Waals surface area contributed by atoms with Crippen LogP contribution in [-0.2, 0) is 6.54 Å². The van der Waals surface area contributed by atoms with Crippen LogP contribution < -0.4 is 10.1 Å². The average Bonchev–Trinajstić information content (AvgIpc) is 2.83. The smallest absolute Gasteiger partial charge is 0.143 e. The number of thiophene rings is 1. The molecular formula is C13H14ClNOS. The van der Waals surface area contributed by atoms with Crippen molar-refractivity contribution < 1.29 is 4.74 Å². The lowest BCUT2D eigenvalue weighted by molar-refractivity contribution is 0.416. The summed E-state index contributed by atoms with van der Waals surface area (Å²) in [5.41, 5.74) is 2.02. The number of anilines is 1. The van der Waals surface area contributed by atoms with Crippen molar-refractivity contribution in [1.82, 2.24) is 0 Å². The molecule has 0 radical (unpaired) electrons. The largest absolute Gasteiger partial charge is 0.495 e. The summed E-state index contributed by atoms with van der Waals surface area (Å²) < 4.78 is 5.31. The van der Waals surface area contributed by atoms with Crippen LogP contribution in [0.4, 0.5) is 5.69 Å². The van der Waals surface area contributed by atoms with Crippen molar-refractivity contribution in [2.45, 2.75) is 13.5 Å². The number of hydrogen-bond acceptors (Lipinski definition) is 3. The standard InChI is InChI=1S/C13H14ClNOS/c1-9-6-12(13(16-2)7-11(9)14)15-8-10-4-3-5-17-10/h3-7,15H,8H2,1-2H3. The molecule has 0 bridgehead atoms. The SMILES string of the molecule is COc1cc(Cl)c(C)cc1NCc1cccs1. The normalized spacial score (nSPS) is 10.3. The first-order chi connectivity index (χ1) is 8.20. The Hall–Kier alpha value is -1.19. The summed E-state index contributed by atoms with van der Waals surface area (Å²) in [6, 6.07) is 8.00. The van der Waals surface area contributed by atoms with Gasteiger partial charge in [0.25, 0.3) is 0 Å². The fraction of sp³-hybridized carbons (Fsp3) is 0.231. The van der Waals surface area contributed by atoms with Crippen LogP contribution in [0.25, 0.3) is 0 Å². The molecule has 2 rings (SSSR count). The zero-order chi connectivity index (χ0) is 12.3. The summed E-state index contributed by atoms with van der Waals surface area (Å²) >= 11 is 7.79. The molecule has 0 atom stereocenters. The summed E-state index contributed by atoms with van der Waals surface area (Å²) in [7, 11) is 1.65. The number of ether oxygens (including phenoxy) is 1. The zero-order valence-corrected chi connectivity index (χ0v) is 11.4. The van der Waals surface area contributed by atoms with Crippen molar-refractivity contribution >= 4 is 28.6 Å². The molecule has 17 heavy (non-hydrogen) atoms. The van der Waals surface area contributed by atoms with Gasteiger partial charge in [-0.1, -0.05) is 17.7 Å². The van der Waals surface area contributed by atoms with Crippen LogP contribution in [0.2, 0.25) is 5.02 Å². The highest BCUT2D eigenvalue weighted by Crippen LogP contribution is 2.31. The van der Waals surface area contributed by atoms with E-state index in [1.165, 1.54) is 4.88 Å². The van der Waals surface area contributed by atoms with Crippen LogP contribution in [-0.4, -0.2) is 7.11 Å². The van der Waals surface area contributed by atoms with Crippen molar-refractivity contribution in [1.29, 1.82) is 0 Å². The molecule has 0 spiro atoms. The second-order valence-electron chi connectivity index (χ2n) is 3.73. The van der Waals surface area contributed by atoms with Gasteiger partial charge in [0, 0.05) is 22.5 Å². The highest BCUT2D eigenvalue weighted by molar-refractivity contribution is 7.09. The monoisotopic (exact) mass is 267 g/mol. The predicted octanol–water partition coefficient (Wildman–Crippen LogP) is 4.33. The molecule has 0 saturated heterocycles. The van der Waals surface area contributed by atoms with Gasteiger partial charge in [-0.25, -0.2) is 0 Å². The highest BCUT2D eigenvalue weighted by atomic mass is 35.5. The van der Waals surface area contributed by atoms with Gasteiger partial charge in [-0.05, 0) is 30.0 Å². The number of halogens is 1. The van der Waals surface area contributed by atoms with E-state index in [0.717, 1.165) is 28.6 Å². The molecule has 0 aliphatic carbocycles. The minimum atomic E-state index is 0.725. The van der Waals surface area contributed by atoms with E-state index in [4.69, 9.17) is 16.3 Å². The maximum atomic E-state index is 6.06. The van der Waals surface area contributed by atoms with Crippen molar-refractivity contribution in [3.05, 3.63) is 45.1 Å². The van der Waals surface area contributed by atoms with Crippen LogP contribution in [0.3, 0.4) is 0 Å². The van der Waals surface area contributed by atoms with E-state index in [2.05, 4.69) is 16.8 Å². The van der Waals surface area contributed by atoms with Crippen LogP contribution in [0.1, 0.15) is 10.4 Å².